The minimum atomic E-state index is -4.36. The highest BCUT2D eigenvalue weighted by atomic mass is 19.4. The first-order chi connectivity index (χ1) is 9.92. The molecule has 114 valence electrons. The summed E-state index contributed by atoms with van der Waals surface area (Å²) in [6.07, 6.45) is -0.289. The Labute approximate surface area is 119 Å². The maximum atomic E-state index is 12.3. The third-order valence-corrected chi connectivity index (χ3v) is 3.61. The molecule has 2 aliphatic rings. The van der Waals surface area contributed by atoms with Gasteiger partial charge in [0.25, 0.3) is 0 Å². The van der Waals surface area contributed by atoms with Crippen molar-refractivity contribution in [2.24, 2.45) is 0 Å². The molecule has 1 unspecified atom stereocenters. The number of hydrogen-bond donors (Lipinski definition) is 1. The Bertz CT molecular complexity index is 544. The molecule has 1 amide bonds. The van der Waals surface area contributed by atoms with Crippen molar-refractivity contribution in [1.29, 1.82) is 0 Å². The van der Waals surface area contributed by atoms with Crippen LogP contribution in [0.1, 0.15) is 31.0 Å². The SMILES string of the molecule is O=C1C(Nc2ccnc(C3CC3)n2)CCN1CC(F)(F)F. The molecular formula is C13H15F3N4O. The zero-order valence-corrected chi connectivity index (χ0v) is 11.2. The number of aromatic nitrogens is 2. The van der Waals surface area contributed by atoms with Gasteiger partial charge in [-0.2, -0.15) is 13.2 Å². The normalized spacial score (nSPS) is 22.7. The number of rotatable bonds is 4. The second kappa shape index (κ2) is 5.16. The highest BCUT2D eigenvalue weighted by Gasteiger charge is 2.39. The van der Waals surface area contributed by atoms with Gasteiger partial charge in [-0.15, -0.1) is 0 Å². The molecule has 0 bridgehead atoms. The Balaban J connectivity index is 1.63. The van der Waals surface area contributed by atoms with Gasteiger partial charge in [-0.3, -0.25) is 4.79 Å². The van der Waals surface area contributed by atoms with Crippen LogP contribution >= 0.6 is 0 Å². The van der Waals surface area contributed by atoms with Gasteiger partial charge in [0, 0.05) is 18.7 Å². The predicted molar refractivity (Wildman–Crippen MR) is 68.7 cm³/mol. The lowest BCUT2D eigenvalue weighted by Gasteiger charge is -2.18. The van der Waals surface area contributed by atoms with E-state index in [1.807, 2.05) is 0 Å². The molecule has 3 rings (SSSR count). The number of hydrogen-bond acceptors (Lipinski definition) is 4. The average molecular weight is 300 g/mol. The molecule has 2 fully saturated rings. The van der Waals surface area contributed by atoms with E-state index in [2.05, 4.69) is 15.3 Å². The van der Waals surface area contributed by atoms with Crippen LogP contribution in [0.4, 0.5) is 19.0 Å². The third-order valence-electron chi connectivity index (χ3n) is 3.61. The van der Waals surface area contributed by atoms with Crippen molar-refractivity contribution >= 4 is 11.7 Å². The molecule has 0 spiro atoms. The van der Waals surface area contributed by atoms with Crippen LogP contribution in [-0.2, 0) is 4.79 Å². The molecule has 1 aromatic heterocycles. The van der Waals surface area contributed by atoms with Crippen LogP contribution in [0.5, 0.6) is 0 Å². The standard InChI is InChI=1S/C13H15F3N4O/c14-13(15,16)7-20-6-4-9(12(20)21)18-10-3-5-17-11(19-10)8-1-2-8/h3,5,8-9H,1-2,4,6-7H2,(H,17,18,19). The van der Waals surface area contributed by atoms with Gasteiger partial charge in [-0.25, -0.2) is 9.97 Å². The number of anilines is 1. The van der Waals surface area contributed by atoms with Crippen molar-refractivity contribution in [2.45, 2.75) is 37.4 Å². The number of nitrogens with zero attached hydrogens (tertiary/aromatic N) is 3. The van der Waals surface area contributed by atoms with E-state index in [0.717, 1.165) is 23.6 Å². The fourth-order valence-corrected chi connectivity index (χ4v) is 2.42. The lowest BCUT2D eigenvalue weighted by Crippen LogP contribution is -2.39. The van der Waals surface area contributed by atoms with Gasteiger partial charge in [0.05, 0.1) is 0 Å². The van der Waals surface area contributed by atoms with E-state index in [-0.39, 0.29) is 6.54 Å². The average Bonchev–Trinajstić information content (AvgIpc) is 3.20. The smallest absolute Gasteiger partial charge is 0.358 e. The lowest BCUT2D eigenvalue weighted by molar-refractivity contribution is -0.157. The minimum absolute atomic E-state index is 0.108. The Hall–Kier alpha value is -1.86. The van der Waals surface area contributed by atoms with E-state index < -0.39 is 24.7 Å². The van der Waals surface area contributed by atoms with E-state index in [0.29, 0.717) is 18.2 Å². The summed E-state index contributed by atoms with van der Waals surface area (Å²) in [5.74, 6) is 1.09. The summed E-state index contributed by atoms with van der Waals surface area (Å²) in [5, 5.41) is 2.92. The predicted octanol–water partition coefficient (Wildman–Crippen LogP) is 1.93. The van der Waals surface area contributed by atoms with Crippen molar-refractivity contribution in [3.63, 3.8) is 0 Å². The molecule has 21 heavy (non-hydrogen) atoms. The molecular weight excluding hydrogens is 285 g/mol. The molecule has 1 saturated heterocycles. The van der Waals surface area contributed by atoms with Crippen LogP contribution in [0.15, 0.2) is 12.3 Å². The number of alkyl halides is 3. The molecule has 1 atom stereocenters. The topological polar surface area (TPSA) is 58.1 Å². The number of halogens is 3. The van der Waals surface area contributed by atoms with Crippen molar-refractivity contribution in [1.82, 2.24) is 14.9 Å². The van der Waals surface area contributed by atoms with E-state index in [1.54, 1.807) is 12.3 Å². The minimum Gasteiger partial charge on any atom is -0.358 e. The molecule has 1 aliphatic carbocycles. The van der Waals surface area contributed by atoms with Crippen molar-refractivity contribution < 1.29 is 18.0 Å². The van der Waals surface area contributed by atoms with Crippen LogP contribution in [0, 0.1) is 0 Å². The molecule has 0 radical (unpaired) electrons. The summed E-state index contributed by atoms with van der Waals surface area (Å²) in [6, 6.07) is 0.986. The summed E-state index contributed by atoms with van der Waals surface area (Å²) in [7, 11) is 0. The van der Waals surface area contributed by atoms with Gasteiger partial charge >= 0.3 is 6.18 Å². The molecule has 2 heterocycles. The van der Waals surface area contributed by atoms with Crippen LogP contribution in [0.3, 0.4) is 0 Å². The fraction of sp³-hybridized carbons (Fsp3) is 0.615. The van der Waals surface area contributed by atoms with Crippen LogP contribution in [0.25, 0.3) is 0 Å². The number of nitrogens with one attached hydrogen (secondary N) is 1. The van der Waals surface area contributed by atoms with Gasteiger partial charge in [0.1, 0.15) is 24.2 Å². The summed E-state index contributed by atoms with van der Waals surface area (Å²) in [5.41, 5.74) is 0. The van der Waals surface area contributed by atoms with E-state index in [4.69, 9.17) is 0 Å². The molecule has 1 N–H and O–H groups in total. The fourth-order valence-electron chi connectivity index (χ4n) is 2.42. The summed E-state index contributed by atoms with van der Waals surface area (Å²) in [6.45, 7) is -1.09. The van der Waals surface area contributed by atoms with Crippen molar-refractivity contribution in [2.75, 3.05) is 18.4 Å². The summed E-state index contributed by atoms with van der Waals surface area (Å²) >= 11 is 0. The van der Waals surface area contributed by atoms with Crippen LogP contribution in [-0.4, -0.2) is 46.1 Å². The second-order valence-electron chi connectivity index (χ2n) is 5.43. The Morgan fingerprint density at radius 2 is 2.10 bits per heavy atom. The van der Waals surface area contributed by atoms with E-state index in [9.17, 15) is 18.0 Å². The Morgan fingerprint density at radius 3 is 2.76 bits per heavy atom. The Morgan fingerprint density at radius 1 is 1.33 bits per heavy atom. The van der Waals surface area contributed by atoms with Crippen molar-refractivity contribution in [3.8, 4) is 0 Å². The summed E-state index contributed by atoms with van der Waals surface area (Å²) in [4.78, 5) is 21.3. The highest BCUT2D eigenvalue weighted by Crippen LogP contribution is 2.38. The van der Waals surface area contributed by atoms with E-state index >= 15 is 0 Å². The van der Waals surface area contributed by atoms with E-state index in [1.165, 1.54) is 0 Å². The first-order valence-corrected chi connectivity index (χ1v) is 6.87. The second-order valence-corrected chi connectivity index (χ2v) is 5.43. The zero-order valence-electron chi connectivity index (χ0n) is 11.2. The van der Waals surface area contributed by atoms with Gasteiger partial charge in [0.2, 0.25) is 5.91 Å². The van der Waals surface area contributed by atoms with Crippen molar-refractivity contribution in [3.05, 3.63) is 18.1 Å². The number of likely N-dealkylation sites (tertiary alicyclic amines) is 1. The molecule has 0 aromatic carbocycles. The quantitative estimate of drug-likeness (QED) is 0.923. The van der Waals surface area contributed by atoms with Gasteiger partial charge in [-0.05, 0) is 25.3 Å². The monoisotopic (exact) mass is 300 g/mol. The third kappa shape index (κ3) is 3.43. The van der Waals surface area contributed by atoms with Gasteiger partial charge < -0.3 is 10.2 Å². The molecule has 1 aliphatic heterocycles. The molecule has 5 nitrogen and oxygen atoms in total. The van der Waals surface area contributed by atoms with Gasteiger partial charge in [-0.1, -0.05) is 0 Å². The number of carbonyl (C=O) groups is 1. The molecule has 8 heteroatoms. The largest absolute Gasteiger partial charge is 0.406 e. The number of amides is 1. The Kier molecular flexibility index (Phi) is 3.46. The molecule has 1 saturated carbocycles. The zero-order chi connectivity index (χ0) is 15.0. The highest BCUT2D eigenvalue weighted by molar-refractivity contribution is 5.86. The first-order valence-electron chi connectivity index (χ1n) is 6.87. The summed E-state index contributed by atoms with van der Waals surface area (Å²) < 4.78 is 37.0. The maximum absolute atomic E-state index is 12.3. The lowest BCUT2D eigenvalue weighted by atomic mass is 10.2. The maximum Gasteiger partial charge on any atom is 0.406 e. The first kappa shape index (κ1) is 14.1. The van der Waals surface area contributed by atoms with Crippen LogP contribution < -0.4 is 5.32 Å². The van der Waals surface area contributed by atoms with Crippen LogP contribution in [0.2, 0.25) is 0 Å². The molecule has 1 aromatic rings. The van der Waals surface area contributed by atoms with Gasteiger partial charge in [0.15, 0.2) is 0 Å². The number of carbonyl (C=O) groups excluding carboxylic acids is 1.